The Morgan fingerprint density at radius 3 is 2.33 bits per heavy atom. The van der Waals surface area contributed by atoms with Crippen LogP contribution in [-0.2, 0) is 17.3 Å². The Morgan fingerprint density at radius 2 is 2.07 bits per heavy atom. The Kier molecular flexibility index (Phi) is 3.19. The molecule has 15 heavy (non-hydrogen) atoms. The van der Waals surface area contributed by atoms with Crippen LogP contribution in [0.4, 0.5) is 13.2 Å². The second kappa shape index (κ2) is 3.93. The quantitative estimate of drug-likeness (QED) is 0.807. The molecule has 0 amide bonds. The van der Waals surface area contributed by atoms with Gasteiger partial charge in [-0.3, -0.25) is 4.68 Å². The van der Waals surface area contributed by atoms with Gasteiger partial charge in [0.05, 0.1) is 0 Å². The third-order valence-electron chi connectivity index (χ3n) is 1.67. The number of alkyl halides is 3. The molecule has 0 aliphatic rings. The highest BCUT2D eigenvalue weighted by Gasteiger charge is 2.37. The summed E-state index contributed by atoms with van der Waals surface area (Å²) in [7, 11) is 0. The lowest BCUT2D eigenvalue weighted by molar-refractivity contribution is -0.144. The van der Waals surface area contributed by atoms with Crippen LogP contribution in [-0.4, -0.2) is 18.5 Å². The highest BCUT2D eigenvalue weighted by atomic mass is 32.2. The van der Waals surface area contributed by atoms with Gasteiger partial charge in [0, 0.05) is 12.1 Å². The maximum Gasteiger partial charge on any atom is 0.433 e. The summed E-state index contributed by atoms with van der Waals surface area (Å²) >= 11 is -2.50. The van der Waals surface area contributed by atoms with Gasteiger partial charge in [-0.15, -0.1) is 0 Å². The first-order valence-electron chi connectivity index (χ1n) is 4.01. The summed E-state index contributed by atoms with van der Waals surface area (Å²) in [4.78, 5) is 0. The highest BCUT2D eigenvalue weighted by molar-refractivity contribution is 7.79. The van der Waals surface area contributed by atoms with Crippen LogP contribution in [0.2, 0.25) is 0 Å². The maximum absolute atomic E-state index is 12.4. The number of halogens is 3. The van der Waals surface area contributed by atoms with Gasteiger partial charge in [0.2, 0.25) is 11.1 Å². The first-order chi connectivity index (χ1) is 6.73. The van der Waals surface area contributed by atoms with Crippen molar-refractivity contribution >= 4 is 11.1 Å². The minimum Gasteiger partial charge on any atom is -0.301 e. The lowest BCUT2D eigenvalue weighted by atomic mass is 10.3. The van der Waals surface area contributed by atoms with Gasteiger partial charge in [0.25, 0.3) is 0 Å². The molecule has 0 aliphatic heterocycles. The van der Waals surface area contributed by atoms with Crippen LogP contribution in [0.25, 0.3) is 0 Å². The van der Waals surface area contributed by atoms with Crippen LogP contribution in [0.5, 0.6) is 0 Å². The van der Waals surface area contributed by atoms with Gasteiger partial charge >= 0.3 is 6.18 Å². The Morgan fingerprint density at radius 1 is 1.53 bits per heavy atom. The topological polar surface area (TPSA) is 55.1 Å². The van der Waals surface area contributed by atoms with E-state index in [1.807, 2.05) is 0 Å². The zero-order chi connectivity index (χ0) is 11.8. The second-order valence-electron chi connectivity index (χ2n) is 3.15. The van der Waals surface area contributed by atoms with Crippen LogP contribution in [0.15, 0.2) is 11.1 Å². The molecule has 1 atom stereocenters. The molecule has 8 heteroatoms. The van der Waals surface area contributed by atoms with E-state index in [4.69, 9.17) is 4.55 Å². The van der Waals surface area contributed by atoms with Crippen molar-refractivity contribution in [1.82, 2.24) is 9.78 Å². The fraction of sp³-hybridized carbons (Fsp3) is 0.571. The van der Waals surface area contributed by atoms with Crippen molar-refractivity contribution in [3.8, 4) is 0 Å². The Hall–Kier alpha value is -0.890. The van der Waals surface area contributed by atoms with Gasteiger partial charge in [-0.05, 0) is 13.8 Å². The first kappa shape index (κ1) is 12.2. The third-order valence-corrected chi connectivity index (χ3v) is 2.23. The van der Waals surface area contributed by atoms with E-state index in [2.05, 4.69) is 5.10 Å². The smallest absolute Gasteiger partial charge is 0.301 e. The molecule has 0 bridgehead atoms. The molecule has 86 valence electrons. The zero-order valence-corrected chi connectivity index (χ0v) is 8.76. The van der Waals surface area contributed by atoms with Crippen LogP contribution in [0, 0.1) is 0 Å². The summed E-state index contributed by atoms with van der Waals surface area (Å²) in [5, 5.41) is 2.93. The summed E-state index contributed by atoms with van der Waals surface area (Å²) in [5.41, 5.74) is -1.02. The van der Waals surface area contributed by atoms with Gasteiger partial charge in [0.15, 0.2) is 5.03 Å². The first-order valence-corrected chi connectivity index (χ1v) is 5.11. The molecule has 1 rings (SSSR count). The maximum atomic E-state index is 12.4. The molecule has 1 heterocycles. The predicted molar refractivity (Wildman–Crippen MR) is 46.7 cm³/mol. The van der Waals surface area contributed by atoms with Gasteiger partial charge in [-0.2, -0.15) is 18.3 Å². The minimum absolute atomic E-state index is 0.490. The Bertz CT molecular complexity index is 386. The van der Waals surface area contributed by atoms with Crippen molar-refractivity contribution in [3.63, 3.8) is 0 Å². The fourth-order valence-corrected chi connectivity index (χ4v) is 1.43. The molecule has 1 unspecified atom stereocenters. The summed E-state index contributed by atoms with van der Waals surface area (Å²) in [6.07, 6.45) is -4.57. The lowest BCUT2D eigenvalue weighted by Gasteiger charge is -2.12. The van der Waals surface area contributed by atoms with Crippen LogP contribution in [0.3, 0.4) is 0 Å². The van der Waals surface area contributed by atoms with Gasteiger partial charge < -0.3 is 4.55 Å². The molecule has 0 saturated carbocycles. The molecule has 0 saturated heterocycles. The van der Waals surface area contributed by atoms with Crippen LogP contribution >= 0.6 is 0 Å². The average molecular weight is 242 g/mol. The SMILES string of the molecule is CC(C)n1nc(S(=O)O)cc1C(F)(F)F. The largest absolute Gasteiger partial charge is 0.433 e. The Balaban J connectivity index is 3.30. The van der Waals surface area contributed by atoms with Crippen molar-refractivity contribution in [2.75, 3.05) is 0 Å². The Labute approximate surface area is 86.4 Å². The molecule has 0 radical (unpaired) electrons. The molecule has 0 spiro atoms. The lowest BCUT2D eigenvalue weighted by Crippen LogP contribution is -2.16. The van der Waals surface area contributed by atoms with E-state index in [0.717, 1.165) is 0 Å². The van der Waals surface area contributed by atoms with Gasteiger partial charge in [0.1, 0.15) is 5.69 Å². The van der Waals surface area contributed by atoms with Crippen molar-refractivity contribution in [2.45, 2.75) is 31.1 Å². The second-order valence-corrected chi connectivity index (χ2v) is 4.07. The summed E-state index contributed by atoms with van der Waals surface area (Å²) in [5.74, 6) is 0. The van der Waals surface area contributed by atoms with Crippen molar-refractivity contribution < 1.29 is 21.9 Å². The van der Waals surface area contributed by atoms with Crippen LogP contribution in [0.1, 0.15) is 25.6 Å². The number of rotatable bonds is 2. The predicted octanol–water partition coefficient (Wildman–Crippen LogP) is 2.06. The average Bonchev–Trinajstić information content (AvgIpc) is 2.45. The van der Waals surface area contributed by atoms with Gasteiger partial charge in [-0.1, -0.05) is 0 Å². The normalized spacial score (nSPS) is 14.6. The van der Waals surface area contributed by atoms with E-state index in [9.17, 15) is 17.4 Å². The van der Waals surface area contributed by atoms with E-state index in [1.165, 1.54) is 13.8 Å². The van der Waals surface area contributed by atoms with Crippen molar-refractivity contribution in [1.29, 1.82) is 0 Å². The molecular formula is C7H9F3N2O2S. The van der Waals surface area contributed by atoms with E-state index in [1.54, 1.807) is 0 Å². The monoisotopic (exact) mass is 242 g/mol. The molecule has 1 aromatic rings. The third kappa shape index (κ3) is 2.57. The van der Waals surface area contributed by atoms with E-state index >= 15 is 0 Å². The standard InChI is InChI=1S/C7H9F3N2O2S/c1-4(2)12-5(7(8,9)10)3-6(11-12)15(13)14/h3-4H,1-2H3,(H,13,14). The van der Waals surface area contributed by atoms with Gasteiger partial charge in [-0.25, -0.2) is 4.21 Å². The number of hydrogen-bond donors (Lipinski definition) is 1. The molecule has 0 fully saturated rings. The fourth-order valence-electron chi connectivity index (χ4n) is 1.06. The van der Waals surface area contributed by atoms with E-state index < -0.39 is 34.0 Å². The zero-order valence-electron chi connectivity index (χ0n) is 7.95. The van der Waals surface area contributed by atoms with E-state index in [-0.39, 0.29) is 0 Å². The van der Waals surface area contributed by atoms with Crippen LogP contribution < -0.4 is 0 Å². The molecular weight excluding hydrogens is 233 g/mol. The number of nitrogens with zero attached hydrogens (tertiary/aromatic N) is 2. The highest BCUT2D eigenvalue weighted by Crippen LogP contribution is 2.31. The molecule has 1 N–H and O–H groups in total. The summed E-state index contributed by atoms with van der Waals surface area (Å²) < 4.78 is 57.2. The molecule has 1 aromatic heterocycles. The van der Waals surface area contributed by atoms with E-state index in [0.29, 0.717) is 10.7 Å². The number of hydrogen-bond acceptors (Lipinski definition) is 2. The molecule has 0 aromatic carbocycles. The molecule has 0 aliphatic carbocycles. The number of aromatic nitrogens is 2. The van der Waals surface area contributed by atoms with Crippen molar-refractivity contribution in [2.24, 2.45) is 0 Å². The molecule has 4 nitrogen and oxygen atoms in total. The minimum atomic E-state index is -4.57. The summed E-state index contributed by atoms with van der Waals surface area (Å²) in [6, 6.07) is 0.0507. The summed E-state index contributed by atoms with van der Waals surface area (Å²) in [6.45, 7) is 3.01. The van der Waals surface area contributed by atoms with Crippen molar-refractivity contribution in [3.05, 3.63) is 11.8 Å².